The lowest BCUT2D eigenvalue weighted by molar-refractivity contribution is 0.0826. The fraction of sp³-hybridized carbons (Fsp3) is 0.417. The number of ether oxygens (including phenoxy) is 1. The molecule has 16 heavy (non-hydrogen) atoms. The van der Waals surface area contributed by atoms with Crippen molar-refractivity contribution in [2.75, 3.05) is 14.1 Å². The second kappa shape index (κ2) is 4.61. The predicted molar refractivity (Wildman–Crippen MR) is 70.8 cm³/mol. The van der Waals surface area contributed by atoms with Crippen LogP contribution >= 0.6 is 22.6 Å². The zero-order chi connectivity index (χ0) is 11.7. The van der Waals surface area contributed by atoms with Gasteiger partial charge in [-0.3, -0.25) is 4.79 Å². The van der Waals surface area contributed by atoms with Crippen LogP contribution in [-0.2, 0) is 0 Å². The van der Waals surface area contributed by atoms with Crippen LogP contribution in [0.1, 0.15) is 23.2 Å². The summed E-state index contributed by atoms with van der Waals surface area (Å²) in [6, 6.07) is 5.63. The first kappa shape index (κ1) is 11.7. The van der Waals surface area contributed by atoms with Crippen LogP contribution in [0.4, 0.5) is 0 Å². The van der Waals surface area contributed by atoms with Crippen LogP contribution in [0.5, 0.6) is 5.75 Å². The number of hydrogen-bond acceptors (Lipinski definition) is 2. The second-order valence-electron chi connectivity index (χ2n) is 4.16. The van der Waals surface area contributed by atoms with Crippen molar-refractivity contribution in [2.45, 2.75) is 18.9 Å². The number of carbonyl (C=O) groups is 1. The number of benzene rings is 1. The lowest BCUT2D eigenvalue weighted by atomic mass is 10.2. The molecule has 0 aromatic heterocycles. The van der Waals surface area contributed by atoms with E-state index in [9.17, 15) is 4.79 Å². The van der Waals surface area contributed by atoms with Crippen molar-refractivity contribution in [3.05, 3.63) is 27.3 Å². The summed E-state index contributed by atoms with van der Waals surface area (Å²) in [6.07, 6.45) is 2.69. The van der Waals surface area contributed by atoms with Crippen molar-refractivity contribution in [3.63, 3.8) is 0 Å². The largest absolute Gasteiger partial charge is 0.490 e. The molecule has 86 valence electrons. The van der Waals surface area contributed by atoms with Crippen molar-refractivity contribution in [1.29, 1.82) is 0 Å². The minimum absolute atomic E-state index is 0.0300. The SMILES string of the molecule is CN(C)C(=O)c1ccc(OC2CC2)cc1I. The van der Waals surface area contributed by atoms with Crippen molar-refractivity contribution in [3.8, 4) is 5.75 Å². The maximum absolute atomic E-state index is 11.8. The molecule has 1 aliphatic carbocycles. The maximum Gasteiger partial charge on any atom is 0.254 e. The van der Waals surface area contributed by atoms with E-state index in [-0.39, 0.29) is 5.91 Å². The van der Waals surface area contributed by atoms with Gasteiger partial charge in [0.1, 0.15) is 5.75 Å². The van der Waals surface area contributed by atoms with E-state index in [0.29, 0.717) is 6.10 Å². The van der Waals surface area contributed by atoms with Crippen LogP contribution in [0.3, 0.4) is 0 Å². The number of nitrogens with zero attached hydrogens (tertiary/aromatic N) is 1. The molecule has 0 heterocycles. The average Bonchev–Trinajstić information content (AvgIpc) is 3.01. The summed E-state index contributed by atoms with van der Waals surface area (Å²) in [5.74, 6) is 0.893. The highest BCUT2D eigenvalue weighted by molar-refractivity contribution is 14.1. The molecule has 1 saturated carbocycles. The van der Waals surface area contributed by atoms with E-state index in [2.05, 4.69) is 22.6 Å². The van der Waals surface area contributed by atoms with Crippen LogP contribution in [0, 0.1) is 3.57 Å². The Hall–Kier alpha value is -0.780. The van der Waals surface area contributed by atoms with Gasteiger partial charge in [0, 0.05) is 17.7 Å². The monoisotopic (exact) mass is 331 g/mol. The number of rotatable bonds is 3. The topological polar surface area (TPSA) is 29.5 Å². The Kier molecular flexibility index (Phi) is 3.37. The Morgan fingerprint density at radius 3 is 2.62 bits per heavy atom. The summed E-state index contributed by atoms with van der Waals surface area (Å²) in [6.45, 7) is 0. The summed E-state index contributed by atoms with van der Waals surface area (Å²) in [7, 11) is 3.51. The number of hydrogen-bond donors (Lipinski definition) is 0. The van der Waals surface area contributed by atoms with Crippen LogP contribution in [-0.4, -0.2) is 31.0 Å². The first-order valence-corrected chi connectivity index (χ1v) is 6.33. The van der Waals surface area contributed by atoms with Crippen molar-refractivity contribution >= 4 is 28.5 Å². The molecule has 0 saturated heterocycles. The van der Waals surface area contributed by atoms with Gasteiger partial charge >= 0.3 is 0 Å². The van der Waals surface area contributed by atoms with Crippen LogP contribution in [0.2, 0.25) is 0 Å². The first-order valence-electron chi connectivity index (χ1n) is 5.26. The maximum atomic E-state index is 11.8. The van der Waals surface area contributed by atoms with Crippen molar-refractivity contribution in [2.24, 2.45) is 0 Å². The normalized spacial score (nSPS) is 14.7. The van der Waals surface area contributed by atoms with Gasteiger partial charge < -0.3 is 9.64 Å². The summed E-state index contributed by atoms with van der Waals surface area (Å²) in [4.78, 5) is 13.4. The molecule has 1 amide bonds. The number of halogens is 1. The smallest absolute Gasteiger partial charge is 0.254 e. The summed E-state index contributed by atoms with van der Waals surface area (Å²) >= 11 is 2.17. The Morgan fingerprint density at radius 1 is 1.44 bits per heavy atom. The molecule has 1 aliphatic rings. The lowest BCUT2D eigenvalue weighted by Crippen LogP contribution is -2.22. The highest BCUT2D eigenvalue weighted by Gasteiger charge is 2.24. The molecule has 1 aromatic rings. The molecule has 3 nitrogen and oxygen atoms in total. The molecule has 1 aromatic carbocycles. The highest BCUT2D eigenvalue weighted by Crippen LogP contribution is 2.28. The van der Waals surface area contributed by atoms with E-state index in [1.165, 1.54) is 0 Å². The van der Waals surface area contributed by atoms with Gasteiger partial charge in [0.2, 0.25) is 0 Å². The van der Waals surface area contributed by atoms with Gasteiger partial charge in [0.25, 0.3) is 5.91 Å². The van der Waals surface area contributed by atoms with Gasteiger partial charge in [-0.25, -0.2) is 0 Å². The second-order valence-corrected chi connectivity index (χ2v) is 5.32. The van der Waals surface area contributed by atoms with E-state index in [0.717, 1.165) is 27.7 Å². The molecule has 0 aliphatic heterocycles. The summed E-state index contributed by atoms with van der Waals surface area (Å²) in [5.41, 5.74) is 0.730. The molecule has 0 radical (unpaired) electrons. The van der Waals surface area contributed by atoms with E-state index >= 15 is 0 Å². The molecule has 0 atom stereocenters. The minimum atomic E-state index is 0.0300. The average molecular weight is 331 g/mol. The minimum Gasteiger partial charge on any atom is -0.490 e. The van der Waals surface area contributed by atoms with Gasteiger partial charge in [-0.2, -0.15) is 0 Å². The fourth-order valence-electron chi connectivity index (χ4n) is 1.36. The molecule has 0 spiro atoms. The molecule has 0 bridgehead atoms. The molecule has 2 rings (SSSR count). The lowest BCUT2D eigenvalue weighted by Gasteiger charge is -2.12. The van der Waals surface area contributed by atoms with Crippen molar-refractivity contribution in [1.82, 2.24) is 4.90 Å². The van der Waals surface area contributed by atoms with E-state index in [1.54, 1.807) is 19.0 Å². The van der Waals surface area contributed by atoms with Crippen LogP contribution < -0.4 is 4.74 Å². The molecular weight excluding hydrogens is 317 g/mol. The number of carbonyl (C=O) groups excluding carboxylic acids is 1. The quantitative estimate of drug-likeness (QED) is 0.797. The highest BCUT2D eigenvalue weighted by atomic mass is 127. The zero-order valence-corrected chi connectivity index (χ0v) is 11.5. The van der Waals surface area contributed by atoms with Gasteiger partial charge in [0.15, 0.2) is 0 Å². The molecule has 0 N–H and O–H groups in total. The van der Waals surface area contributed by atoms with Crippen molar-refractivity contribution < 1.29 is 9.53 Å². The Morgan fingerprint density at radius 2 is 2.12 bits per heavy atom. The Bertz CT molecular complexity index is 413. The molecule has 4 heteroatoms. The molecule has 0 unspecified atom stereocenters. The Labute approximate surface area is 109 Å². The zero-order valence-electron chi connectivity index (χ0n) is 9.37. The standard InChI is InChI=1S/C12H14INO2/c1-14(2)12(15)10-6-5-9(7-11(10)13)16-8-3-4-8/h5-8H,3-4H2,1-2H3. The third kappa shape index (κ3) is 2.66. The number of amides is 1. The van der Waals surface area contributed by atoms with Gasteiger partial charge in [0.05, 0.1) is 11.7 Å². The van der Waals surface area contributed by atoms with Crippen LogP contribution in [0.25, 0.3) is 0 Å². The third-order valence-electron chi connectivity index (χ3n) is 2.40. The first-order chi connectivity index (χ1) is 7.58. The molecular formula is C12H14INO2. The molecule has 1 fully saturated rings. The predicted octanol–water partition coefficient (Wildman–Crippen LogP) is 2.53. The fourth-order valence-corrected chi connectivity index (χ4v) is 2.08. The van der Waals surface area contributed by atoms with Crippen LogP contribution in [0.15, 0.2) is 18.2 Å². The van der Waals surface area contributed by atoms with Gasteiger partial charge in [-0.05, 0) is 53.6 Å². The Balaban J connectivity index is 2.18. The van der Waals surface area contributed by atoms with E-state index < -0.39 is 0 Å². The van der Waals surface area contributed by atoms with Gasteiger partial charge in [-0.15, -0.1) is 0 Å². The third-order valence-corrected chi connectivity index (χ3v) is 3.30. The van der Waals surface area contributed by atoms with E-state index in [4.69, 9.17) is 4.74 Å². The van der Waals surface area contributed by atoms with Gasteiger partial charge in [-0.1, -0.05) is 0 Å². The summed E-state index contributed by atoms with van der Waals surface area (Å²) < 4.78 is 6.61. The van der Waals surface area contributed by atoms with E-state index in [1.807, 2.05) is 18.2 Å². The summed E-state index contributed by atoms with van der Waals surface area (Å²) in [5, 5.41) is 0.